The van der Waals surface area contributed by atoms with E-state index in [1.54, 1.807) is 0 Å². The van der Waals surface area contributed by atoms with Crippen LogP contribution in [0.25, 0.3) is 65.8 Å². The Balaban J connectivity index is 1.21. The number of fused-ring (bicyclic) bond motifs is 8. The van der Waals surface area contributed by atoms with Crippen LogP contribution < -0.4 is 4.90 Å². The van der Waals surface area contributed by atoms with Crippen molar-refractivity contribution in [3.05, 3.63) is 175 Å². The van der Waals surface area contributed by atoms with E-state index in [0.29, 0.717) is 5.92 Å². The van der Waals surface area contributed by atoms with E-state index in [4.69, 9.17) is 8.83 Å². The molecule has 0 spiro atoms. The van der Waals surface area contributed by atoms with Gasteiger partial charge in [-0.15, -0.1) is 0 Å². The van der Waals surface area contributed by atoms with E-state index in [2.05, 4.69) is 163 Å². The number of nitrogens with zero attached hydrogens (tertiary/aromatic N) is 1. The second-order valence-electron chi connectivity index (χ2n) is 12.8. The molecule has 49 heavy (non-hydrogen) atoms. The van der Waals surface area contributed by atoms with Crippen molar-refractivity contribution in [2.75, 3.05) is 4.90 Å². The zero-order valence-corrected chi connectivity index (χ0v) is 26.7. The molecule has 9 aromatic rings. The maximum atomic E-state index is 6.95. The molecule has 7 aromatic carbocycles. The van der Waals surface area contributed by atoms with Gasteiger partial charge in [-0.1, -0.05) is 121 Å². The second-order valence-corrected chi connectivity index (χ2v) is 12.8. The Morgan fingerprint density at radius 1 is 0.510 bits per heavy atom. The lowest BCUT2D eigenvalue weighted by Gasteiger charge is -2.26. The van der Waals surface area contributed by atoms with E-state index in [1.807, 2.05) is 12.1 Å². The normalized spacial score (nSPS) is 14.5. The maximum Gasteiger partial charge on any atom is 0.159 e. The molecule has 0 saturated carbocycles. The Morgan fingerprint density at radius 2 is 1.24 bits per heavy atom. The summed E-state index contributed by atoms with van der Waals surface area (Å²) in [5.41, 5.74) is 10.1. The number of allylic oxidation sites excluding steroid dienone is 4. The van der Waals surface area contributed by atoms with Crippen LogP contribution in [-0.2, 0) is 0 Å². The van der Waals surface area contributed by atoms with Crippen LogP contribution in [0.3, 0.4) is 0 Å². The lowest BCUT2D eigenvalue weighted by atomic mass is 9.92. The molecule has 2 aromatic heterocycles. The van der Waals surface area contributed by atoms with E-state index in [-0.39, 0.29) is 0 Å². The summed E-state index contributed by atoms with van der Waals surface area (Å²) in [6, 6.07) is 51.7. The van der Waals surface area contributed by atoms with Crippen LogP contribution in [0, 0.1) is 0 Å². The minimum absolute atomic E-state index is 0.380. The van der Waals surface area contributed by atoms with Gasteiger partial charge in [0.2, 0.25) is 0 Å². The third-order valence-electron chi connectivity index (χ3n) is 9.99. The van der Waals surface area contributed by atoms with Crippen LogP contribution in [0.1, 0.15) is 17.9 Å². The van der Waals surface area contributed by atoms with Crippen LogP contribution >= 0.6 is 0 Å². The third kappa shape index (κ3) is 4.51. The predicted octanol–water partition coefficient (Wildman–Crippen LogP) is 13.4. The zero-order valence-electron chi connectivity index (χ0n) is 26.7. The number of hydrogen-bond donors (Lipinski definition) is 0. The zero-order chi connectivity index (χ0) is 32.3. The lowest BCUT2D eigenvalue weighted by Crippen LogP contribution is -2.10. The van der Waals surface area contributed by atoms with Gasteiger partial charge in [-0.25, -0.2) is 0 Å². The quantitative estimate of drug-likeness (QED) is 0.190. The molecule has 10 rings (SSSR count). The Morgan fingerprint density at radius 3 is 2.08 bits per heavy atom. The summed E-state index contributed by atoms with van der Waals surface area (Å²) in [6.07, 6.45) is 9.81. The number of para-hydroxylation sites is 2. The molecular weight excluding hydrogens is 599 g/mol. The molecule has 1 unspecified atom stereocenters. The van der Waals surface area contributed by atoms with Gasteiger partial charge in [-0.3, -0.25) is 0 Å². The van der Waals surface area contributed by atoms with Crippen molar-refractivity contribution < 1.29 is 8.83 Å². The predicted molar refractivity (Wildman–Crippen MR) is 204 cm³/mol. The van der Waals surface area contributed by atoms with Crippen molar-refractivity contribution in [3.8, 4) is 11.1 Å². The Labute approximate surface area is 283 Å². The van der Waals surface area contributed by atoms with Crippen molar-refractivity contribution in [1.29, 1.82) is 0 Å². The Bertz CT molecular complexity index is 2750. The largest absolute Gasteiger partial charge is 0.456 e. The van der Waals surface area contributed by atoms with E-state index >= 15 is 0 Å². The van der Waals surface area contributed by atoms with E-state index in [1.165, 1.54) is 27.5 Å². The molecule has 0 N–H and O–H groups in total. The van der Waals surface area contributed by atoms with Crippen molar-refractivity contribution >= 4 is 71.7 Å². The molecule has 0 aliphatic heterocycles. The highest BCUT2D eigenvalue weighted by Crippen LogP contribution is 2.46. The summed E-state index contributed by atoms with van der Waals surface area (Å²) in [6.45, 7) is 0. The van der Waals surface area contributed by atoms with Gasteiger partial charge in [0.15, 0.2) is 5.58 Å². The number of furan rings is 2. The average Bonchev–Trinajstić information content (AvgIpc) is 3.74. The van der Waals surface area contributed by atoms with E-state index in [9.17, 15) is 0 Å². The first-order valence-corrected chi connectivity index (χ1v) is 16.9. The number of rotatable bonds is 5. The van der Waals surface area contributed by atoms with Gasteiger partial charge in [0.1, 0.15) is 16.7 Å². The molecule has 0 radical (unpaired) electrons. The fourth-order valence-corrected chi connectivity index (χ4v) is 7.66. The lowest BCUT2D eigenvalue weighted by molar-refractivity contribution is 0.667. The first-order chi connectivity index (χ1) is 24.3. The van der Waals surface area contributed by atoms with Crippen molar-refractivity contribution in [2.24, 2.45) is 0 Å². The van der Waals surface area contributed by atoms with E-state index < -0.39 is 0 Å². The van der Waals surface area contributed by atoms with Crippen LogP contribution in [-0.4, -0.2) is 0 Å². The van der Waals surface area contributed by atoms with Gasteiger partial charge in [-0.2, -0.15) is 0 Å². The maximum absolute atomic E-state index is 6.95. The van der Waals surface area contributed by atoms with Crippen LogP contribution in [0.5, 0.6) is 0 Å². The molecule has 0 amide bonds. The minimum Gasteiger partial charge on any atom is -0.456 e. The molecule has 2 heterocycles. The fraction of sp³-hybridized carbons (Fsp3) is 0.0435. The molecule has 3 nitrogen and oxygen atoms in total. The van der Waals surface area contributed by atoms with Crippen molar-refractivity contribution in [1.82, 2.24) is 0 Å². The minimum atomic E-state index is 0.380. The average molecular weight is 630 g/mol. The number of benzene rings is 7. The molecule has 232 valence electrons. The van der Waals surface area contributed by atoms with Crippen LogP contribution in [0.15, 0.2) is 179 Å². The summed E-state index contributed by atoms with van der Waals surface area (Å²) in [4.78, 5) is 2.30. The molecule has 1 atom stereocenters. The first-order valence-electron chi connectivity index (χ1n) is 16.9. The van der Waals surface area contributed by atoms with Gasteiger partial charge >= 0.3 is 0 Å². The molecule has 0 bridgehead atoms. The van der Waals surface area contributed by atoms with Crippen LogP contribution in [0.4, 0.5) is 17.1 Å². The highest BCUT2D eigenvalue weighted by molar-refractivity contribution is 6.23. The summed E-state index contributed by atoms with van der Waals surface area (Å²) >= 11 is 0. The SMILES string of the molecule is C1=CCC(c2ccc(N(c3ccc4c(c3)oc3ccccc34)c3cccc4c3oc3cc(-c5ccccc5)c5ccccc5c34)cc2)C=C1. The Hall–Kier alpha value is -6.32. The van der Waals surface area contributed by atoms with Gasteiger partial charge in [0.05, 0.1) is 11.4 Å². The molecule has 0 saturated heterocycles. The molecule has 0 fully saturated rings. The Kier molecular flexibility index (Phi) is 6.31. The van der Waals surface area contributed by atoms with Crippen molar-refractivity contribution in [2.45, 2.75) is 12.3 Å². The molecule has 1 aliphatic rings. The molecule has 3 heteroatoms. The van der Waals surface area contributed by atoms with Gasteiger partial charge < -0.3 is 13.7 Å². The van der Waals surface area contributed by atoms with Gasteiger partial charge in [0.25, 0.3) is 0 Å². The van der Waals surface area contributed by atoms with Gasteiger partial charge in [0, 0.05) is 39.2 Å². The van der Waals surface area contributed by atoms with Gasteiger partial charge in [-0.05, 0) is 76.3 Å². The summed E-state index contributed by atoms with van der Waals surface area (Å²) < 4.78 is 13.3. The summed E-state index contributed by atoms with van der Waals surface area (Å²) in [7, 11) is 0. The summed E-state index contributed by atoms with van der Waals surface area (Å²) in [5.74, 6) is 0.380. The van der Waals surface area contributed by atoms with Crippen LogP contribution in [0.2, 0.25) is 0 Å². The first kappa shape index (κ1) is 27.8. The standard InChI is InChI=1S/C46H31NO2/c1-3-12-30(13-4-1)31-22-24-33(25-23-31)47(34-26-27-37-36-17-9-10-21-42(36)48-43(37)28-34)41-20-11-19-39-45-38-18-8-7-16-35(38)40(29-44(45)49-46(39)41)32-14-5-2-6-15-32/h1-12,14-30H,13H2. The fourth-order valence-electron chi connectivity index (χ4n) is 7.66. The number of anilines is 3. The smallest absolute Gasteiger partial charge is 0.159 e. The summed E-state index contributed by atoms with van der Waals surface area (Å²) in [5, 5.41) is 6.84. The van der Waals surface area contributed by atoms with Crippen molar-refractivity contribution in [3.63, 3.8) is 0 Å². The van der Waals surface area contributed by atoms with E-state index in [0.717, 1.165) is 67.4 Å². The topological polar surface area (TPSA) is 29.5 Å². The monoisotopic (exact) mass is 629 g/mol. The highest BCUT2D eigenvalue weighted by Gasteiger charge is 2.23. The third-order valence-corrected chi connectivity index (χ3v) is 9.99. The second kappa shape index (κ2) is 11.1. The molecule has 1 aliphatic carbocycles. The molecular formula is C46H31NO2. The highest BCUT2D eigenvalue weighted by atomic mass is 16.3. The number of hydrogen-bond acceptors (Lipinski definition) is 3.